The van der Waals surface area contributed by atoms with Gasteiger partial charge in [-0.15, -0.1) is 11.8 Å². The van der Waals surface area contributed by atoms with Crippen LogP contribution >= 0.6 is 11.8 Å². The van der Waals surface area contributed by atoms with Crippen LogP contribution in [-0.2, 0) is 14.2 Å². The van der Waals surface area contributed by atoms with Crippen molar-refractivity contribution in [3.63, 3.8) is 0 Å². The Morgan fingerprint density at radius 3 is 2.59 bits per heavy atom. The number of nitrogens with zero attached hydrogens (tertiary/aromatic N) is 1. The Kier molecular flexibility index (Phi) is 7.27. The number of carbonyl (C=O) groups excluding carboxylic acids is 2. The van der Waals surface area contributed by atoms with Crippen molar-refractivity contribution in [2.75, 3.05) is 19.4 Å². The average molecular weight is 458 g/mol. The van der Waals surface area contributed by atoms with Gasteiger partial charge in [0.25, 0.3) is 5.91 Å². The molecule has 2 aliphatic rings. The van der Waals surface area contributed by atoms with E-state index >= 15 is 0 Å². The molecule has 4 rings (SSSR count). The normalized spacial score (nSPS) is 29.7. The standard InChI is InChI=1S/C24H27NO6S/c1-3-32-24-19(25(2)22(28)17-12-8-7-11-16(17)13-26)20(27)21-18(30-24)14-29-23(31-21)15-9-5-4-6-10-15/h4-13,18-21,23-24,27H,3,14H2,1-2H3. The lowest BCUT2D eigenvalue weighted by Crippen LogP contribution is -2.65. The van der Waals surface area contributed by atoms with Gasteiger partial charge in [-0.25, -0.2) is 0 Å². The van der Waals surface area contributed by atoms with E-state index in [0.717, 1.165) is 11.3 Å². The van der Waals surface area contributed by atoms with E-state index in [0.29, 0.717) is 11.8 Å². The molecule has 1 N–H and O–H groups in total. The second kappa shape index (κ2) is 10.1. The molecule has 7 nitrogen and oxygen atoms in total. The maximum absolute atomic E-state index is 13.3. The summed E-state index contributed by atoms with van der Waals surface area (Å²) in [7, 11) is 1.62. The molecule has 0 saturated carbocycles. The molecule has 0 aromatic heterocycles. The largest absolute Gasteiger partial charge is 0.388 e. The van der Waals surface area contributed by atoms with Crippen molar-refractivity contribution in [3.05, 3.63) is 71.3 Å². The van der Waals surface area contributed by atoms with Crippen LogP contribution < -0.4 is 0 Å². The van der Waals surface area contributed by atoms with Gasteiger partial charge in [0.15, 0.2) is 12.6 Å². The lowest BCUT2D eigenvalue weighted by Gasteiger charge is -2.50. The molecule has 2 saturated heterocycles. The lowest BCUT2D eigenvalue weighted by molar-refractivity contribution is -0.310. The molecule has 170 valence electrons. The molecule has 0 radical (unpaired) electrons. The predicted octanol–water partition coefficient (Wildman–Crippen LogP) is 2.89. The maximum atomic E-state index is 13.3. The molecule has 2 fully saturated rings. The first-order chi connectivity index (χ1) is 15.5. The number of aliphatic hydroxyl groups excluding tert-OH is 1. The SMILES string of the molecule is CCSC1OC2COC(c3ccccc3)OC2C(O)C1N(C)C(=O)c1ccccc1C=O. The Bertz CT molecular complexity index is 941. The Morgan fingerprint density at radius 2 is 1.88 bits per heavy atom. The summed E-state index contributed by atoms with van der Waals surface area (Å²) >= 11 is 1.51. The van der Waals surface area contributed by atoms with E-state index in [1.165, 1.54) is 16.7 Å². The highest BCUT2D eigenvalue weighted by molar-refractivity contribution is 7.99. The molecular weight excluding hydrogens is 430 g/mol. The first kappa shape index (κ1) is 22.9. The van der Waals surface area contributed by atoms with E-state index in [1.807, 2.05) is 37.3 Å². The molecule has 0 spiro atoms. The summed E-state index contributed by atoms with van der Waals surface area (Å²) in [5.41, 5.74) is 0.979. The predicted molar refractivity (Wildman–Crippen MR) is 121 cm³/mol. The summed E-state index contributed by atoms with van der Waals surface area (Å²) < 4.78 is 18.2. The quantitative estimate of drug-likeness (QED) is 0.668. The van der Waals surface area contributed by atoms with Gasteiger partial charge in [0.1, 0.15) is 23.7 Å². The number of hydrogen-bond acceptors (Lipinski definition) is 7. The monoisotopic (exact) mass is 457 g/mol. The van der Waals surface area contributed by atoms with Crippen molar-refractivity contribution >= 4 is 24.0 Å². The molecule has 2 aromatic carbocycles. The zero-order valence-electron chi connectivity index (χ0n) is 18.0. The highest BCUT2D eigenvalue weighted by Crippen LogP contribution is 2.38. The minimum absolute atomic E-state index is 0.278. The van der Waals surface area contributed by atoms with Crippen LogP contribution in [0.5, 0.6) is 0 Å². The van der Waals surface area contributed by atoms with Gasteiger partial charge < -0.3 is 24.2 Å². The lowest BCUT2D eigenvalue weighted by atomic mass is 9.95. The van der Waals surface area contributed by atoms with Crippen LogP contribution in [0.2, 0.25) is 0 Å². The van der Waals surface area contributed by atoms with E-state index in [2.05, 4.69) is 0 Å². The number of amides is 1. The number of likely N-dealkylation sites (N-methyl/N-ethyl adjacent to an activating group) is 1. The van der Waals surface area contributed by atoms with E-state index in [1.54, 1.807) is 31.3 Å². The number of hydrogen-bond donors (Lipinski definition) is 1. The Balaban J connectivity index is 1.59. The zero-order chi connectivity index (χ0) is 22.7. The first-order valence-corrected chi connectivity index (χ1v) is 11.7. The van der Waals surface area contributed by atoms with Gasteiger partial charge in [-0.1, -0.05) is 55.5 Å². The van der Waals surface area contributed by atoms with Gasteiger partial charge >= 0.3 is 0 Å². The summed E-state index contributed by atoms with van der Waals surface area (Å²) in [6.45, 7) is 2.27. The molecule has 2 aliphatic heterocycles. The van der Waals surface area contributed by atoms with Crippen molar-refractivity contribution in [3.8, 4) is 0 Å². The van der Waals surface area contributed by atoms with Crippen LogP contribution in [0.3, 0.4) is 0 Å². The number of rotatable bonds is 6. The molecular formula is C24H27NO6S. The maximum Gasteiger partial charge on any atom is 0.254 e. The third kappa shape index (κ3) is 4.46. The smallest absolute Gasteiger partial charge is 0.254 e. The second-order valence-corrected chi connectivity index (χ2v) is 9.15. The molecule has 0 bridgehead atoms. The summed E-state index contributed by atoms with van der Waals surface area (Å²) in [5.74, 6) is 0.388. The zero-order valence-corrected chi connectivity index (χ0v) is 18.8. The van der Waals surface area contributed by atoms with Gasteiger partial charge in [0, 0.05) is 18.2 Å². The highest BCUT2D eigenvalue weighted by atomic mass is 32.2. The molecule has 32 heavy (non-hydrogen) atoms. The molecule has 2 aromatic rings. The van der Waals surface area contributed by atoms with E-state index in [4.69, 9.17) is 14.2 Å². The molecule has 6 unspecified atom stereocenters. The van der Waals surface area contributed by atoms with E-state index < -0.39 is 36.1 Å². The Labute approximate surface area is 191 Å². The van der Waals surface area contributed by atoms with Gasteiger partial charge in [0.2, 0.25) is 0 Å². The van der Waals surface area contributed by atoms with Crippen LogP contribution in [-0.4, -0.2) is 71.4 Å². The van der Waals surface area contributed by atoms with Crippen molar-refractivity contribution in [2.24, 2.45) is 0 Å². The Hall–Kier alpha value is -2.23. The molecule has 0 aliphatic carbocycles. The van der Waals surface area contributed by atoms with Crippen molar-refractivity contribution in [1.29, 1.82) is 0 Å². The van der Waals surface area contributed by atoms with Crippen LogP contribution in [0.15, 0.2) is 54.6 Å². The minimum atomic E-state index is -0.995. The molecule has 1 amide bonds. The Morgan fingerprint density at radius 1 is 1.16 bits per heavy atom. The van der Waals surface area contributed by atoms with Crippen LogP contribution in [0.25, 0.3) is 0 Å². The number of carbonyl (C=O) groups is 2. The molecule has 6 atom stereocenters. The average Bonchev–Trinajstić information content (AvgIpc) is 2.84. The van der Waals surface area contributed by atoms with E-state index in [-0.39, 0.29) is 18.1 Å². The number of ether oxygens (including phenoxy) is 3. The number of fused-ring (bicyclic) bond motifs is 1. The number of benzene rings is 2. The van der Waals surface area contributed by atoms with Crippen LogP contribution in [0.1, 0.15) is 39.5 Å². The van der Waals surface area contributed by atoms with Crippen LogP contribution in [0.4, 0.5) is 0 Å². The van der Waals surface area contributed by atoms with Gasteiger partial charge in [-0.2, -0.15) is 0 Å². The van der Waals surface area contributed by atoms with Gasteiger partial charge in [0.05, 0.1) is 18.2 Å². The van der Waals surface area contributed by atoms with Crippen molar-refractivity contribution < 1.29 is 28.9 Å². The number of aliphatic hydroxyl groups is 1. The van der Waals surface area contributed by atoms with E-state index in [9.17, 15) is 14.7 Å². The van der Waals surface area contributed by atoms with Gasteiger partial charge in [-0.05, 0) is 11.8 Å². The summed E-state index contributed by atoms with van der Waals surface area (Å²) in [6.07, 6.45) is -2.07. The molecule has 2 heterocycles. The summed E-state index contributed by atoms with van der Waals surface area (Å²) in [4.78, 5) is 26.2. The first-order valence-electron chi connectivity index (χ1n) is 10.6. The van der Waals surface area contributed by atoms with Crippen LogP contribution in [0, 0.1) is 0 Å². The number of aldehydes is 1. The summed E-state index contributed by atoms with van der Waals surface area (Å²) in [6, 6.07) is 15.5. The summed E-state index contributed by atoms with van der Waals surface area (Å²) in [5, 5.41) is 11.4. The fourth-order valence-corrected chi connectivity index (χ4v) is 5.28. The third-order valence-electron chi connectivity index (χ3n) is 5.82. The highest BCUT2D eigenvalue weighted by Gasteiger charge is 2.51. The topological polar surface area (TPSA) is 85.3 Å². The minimum Gasteiger partial charge on any atom is -0.388 e. The fraction of sp³-hybridized carbons (Fsp3) is 0.417. The second-order valence-electron chi connectivity index (χ2n) is 7.78. The molecule has 8 heteroatoms. The van der Waals surface area contributed by atoms with Gasteiger partial charge in [-0.3, -0.25) is 9.59 Å². The fourth-order valence-electron chi connectivity index (χ4n) is 4.19. The number of thioether (sulfide) groups is 1. The van der Waals surface area contributed by atoms with Crippen molar-refractivity contribution in [1.82, 2.24) is 4.90 Å². The third-order valence-corrected chi connectivity index (χ3v) is 6.87. The van der Waals surface area contributed by atoms with Crippen molar-refractivity contribution in [2.45, 2.75) is 43.0 Å².